The van der Waals surface area contributed by atoms with Crippen LogP contribution in [0.2, 0.25) is 0 Å². The molecule has 0 amide bonds. The van der Waals surface area contributed by atoms with Gasteiger partial charge in [0.15, 0.2) is 0 Å². The maximum absolute atomic E-state index is 10.6. The van der Waals surface area contributed by atoms with Crippen molar-refractivity contribution in [3.8, 4) is 0 Å². The second-order valence-corrected chi connectivity index (χ2v) is 4.79. The molecule has 0 bridgehead atoms. The van der Waals surface area contributed by atoms with E-state index in [1.807, 2.05) is 0 Å². The van der Waals surface area contributed by atoms with Crippen LogP contribution in [0.5, 0.6) is 0 Å². The van der Waals surface area contributed by atoms with Crippen molar-refractivity contribution in [2.24, 2.45) is 0 Å². The van der Waals surface area contributed by atoms with Gasteiger partial charge in [0.25, 0.3) is 10.1 Å². The van der Waals surface area contributed by atoms with Crippen LogP contribution in [0.3, 0.4) is 0 Å². The molecule has 0 heterocycles. The topological polar surface area (TPSA) is 129 Å². The van der Waals surface area contributed by atoms with Crippen molar-refractivity contribution < 1.29 is 32.8 Å². The molecule has 0 radical (unpaired) electrons. The number of hydrogen-bond acceptors (Lipinski definition) is 5. The molecule has 7 nitrogen and oxygen atoms in total. The summed E-state index contributed by atoms with van der Waals surface area (Å²) >= 11 is 0.522. The van der Waals surface area contributed by atoms with Crippen molar-refractivity contribution >= 4 is 122 Å². The zero-order valence-corrected chi connectivity index (χ0v) is 8.58. The summed E-state index contributed by atoms with van der Waals surface area (Å²) in [6.45, 7) is 0. The number of thioether (sulfide) groups is 1. The molecule has 3 N–H and O–H groups in total. The van der Waals surface area contributed by atoms with Crippen molar-refractivity contribution in [1.82, 2.24) is 0 Å². The number of rotatable bonds is 5. The first-order valence-corrected chi connectivity index (χ1v) is 5.95. The summed E-state index contributed by atoms with van der Waals surface area (Å²) in [5.41, 5.74) is 0. The normalized spacial score (nSPS) is 13.1. The van der Waals surface area contributed by atoms with Gasteiger partial charge in [-0.05, 0) is 6.26 Å². The molecule has 0 fully saturated rings. The van der Waals surface area contributed by atoms with Crippen LogP contribution in [0.25, 0.3) is 0 Å². The van der Waals surface area contributed by atoms with Crippen LogP contribution in [-0.2, 0) is 19.7 Å². The molecule has 2 unspecified atom stereocenters. The van der Waals surface area contributed by atoms with Crippen molar-refractivity contribution in [3.05, 3.63) is 0 Å². The number of hydrogen-bond donors (Lipinski definition) is 3. The van der Waals surface area contributed by atoms with Gasteiger partial charge in [-0.3, -0.25) is 14.1 Å². The number of carbonyl (C=O) groups is 2. The number of carboxylic acids is 2. The van der Waals surface area contributed by atoms with Gasteiger partial charge < -0.3 is 10.2 Å². The molecule has 12 heteroatoms. The van der Waals surface area contributed by atoms with Crippen molar-refractivity contribution in [1.29, 1.82) is 0 Å². The molecule has 0 saturated carbocycles. The van der Waals surface area contributed by atoms with Crippen molar-refractivity contribution in [2.75, 3.05) is 6.26 Å². The summed E-state index contributed by atoms with van der Waals surface area (Å²) in [6, 6.07) is 0. The molecule has 0 aromatic carbocycles. The molecule has 0 aromatic rings. The third kappa shape index (κ3) is 9.69. The average molecular weight is 316 g/mol. The van der Waals surface area contributed by atoms with Crippen LogP contribution in [0, 0.1) is 0 Å². The summed E-state index contributed by atoms with van der Waals surface area (Å²) in [4.78, 5) is 20.9. The Morgan fingerprint density at radius 1 is 1.06 bits per heavy atom. The van der Waals surface area contributed by atoms with Gasteiger partial charge in [-0.25, -0.2) is 0 Å². The van der Waals surface area contributed by atoms with Crippen LogP contribution in [-0.4, -0.2) is 141 Å². The van der Waals surface area contributed by atoms with Gasteiger partial charge >= 0.3 is 101 Å². The standard InChI is InChI=1S/C5H8O7S2.3Na.3H/c1-13-2(4(6)7)3(5(8)9)14(10,11)12;;;;;;/h2-3H,1H3,(H,6,7)(H,8,9)(H,10,11,12);;;;;;. The van der Waals surface area contributed by atoms with E-state index in [9.17, 15) is 18.0 Å². The molecular weight excluding hydrogens is 305 g/mol. The Labute approximate surface area is 169 Å². The summed E-state index contributed by atoms with van der Waals surface area (Å²) in [5.74, 6) is -3.50. The monoisotopic (exact) mass is 316 g/mol. The molecular formula is C5H11Na3O7S2. The van der Waals surface area contributed by atoms with E-state index < -0.39 is 32.6 Å². The first kappa shape index (κ1) is 27.5. The fourth-order valence-electron chi connectivity index (χ4n) is 0.767. The summed E-state index contributed by atoms with van der Waals surface area (Å²) in [5, 5.41) is 12.9. The fourth-order valence-corrected chi connectivity index (χ4v) is 2.77. The summed E-state index contributed by atoms with van der Waals surface area (Å²) in [6.07, 6.45) is 1.24. The molecule has 0 aliphatic carbocycles. The molecule has 0 saturated heterocycles. The second kappa shape index (κ2) is 12.0. The minimum atomic E-state index is -4.92. The van der Waals surface area contributed by atoms with Gasteiger partial charge in [-0.2, -0.15) is 8.42 Å². The van der Waals surface area contributed by atoms with Gasteiger partial charge in [0.1, 0.15) is 5.25 Å². The third-order valence-corrected chi connectivity index (χ3v) is 3.61. The van der Waals surface area contributed by atoms with Crippen LogP contribution < -0.4 is 0 Å². The third-order valence-electron chi connectivity index (χ3n) is 1.34. The molecule has 0 aromatic heterocycles. The predicted molar refractivity (Wildman–Crippen MR) is 69.4 cm³/mol. The Hall–Kier alpha value is 2.20. The van der Waals surface area contributed by atoms with Crippen LogP contribution in [0.1, 0.15) is 0 Å². The Kier molecular flexibility index (Phi) is 19.4. The molecule has 0 rings (SSSR count). The van der Waals surface area contributed by atoms with E-state index in [-0.39, 0.29) is 88.7 Å². The summed E-state index contributed by atoms with van der Waals surface area (Å²) in [7, 11) is -4.92. The predicted octanol–water partition coefficient (Wildman–Crippen LogP) is -2.80. The van der Waals surface area contributed by atoms with Gasteiger partial charge in [-0.15, -0.1) is 11.8 Å². The Bertz CT molecular complexity index is 343. The molecule has 88 valence electrons. The fraction of sp³-hybridized carbons (Fsp3) is 0.600. The van der Waals surface area contributed by atoms with Crippen LogP contribution in [0.15, 0.2) is 0 Å². The van der Waals surface area contributed by atoms with E-state index in [4.69, 9.17) is 14.8 Å². The van der Waals surface area contributed by atoms with Gasteiger partial charge in [0.05, 0.1) is 0 Å². The Morgan fingerprint density at radius 2 is 1.41 bits per heavy atom. The molecule has 0 aliphatic heterocycles. The van der Waals surface area contributed by atoms with Gasteiger partial charge in [-0.1, -0.05) is 0 Å². The molecule has 17 heavy (non-hydrogen) atoms. The van der Waals surface area contributed by atoms with E-state index >= 15 is 0 Å². The van der Waals surface area contributed by atoms with E-state index in [2.05, 4.69) is 0 Å². The summed E-state index contributed by atoms with van der Waals surface area (Å²) < 4.78 is 29.7. The van der Waals surface area contributed by atoms with Crippen molar-refractivity contribution in [3.63, 3.8) is 0 Å². The van der Waals surface area contributed by atoms with E-state index in [1.165, 1.54) is 6.26 Å². The SMILES string of the molecule is CSC(C(=O)O)C(C(=O)O)S(=O)(=O)O.[NaH].[NaH].[NaH]. The molecule has 0 spiro atoms. The number of aliphatic carboxylic acids is 2. The molecule has 0 aliphatic rings. The second-order valence-electron chi connectivity index (χ2n) is 2.27. The van der Waals surface area contributed by atoms with E-state index in [1.54, 1.807) is 0 Å². The van der Waals surface area contributed by atoms with E-state index in [0.29, 0.717) is 11.8 Å². The zero-order chi connectivity index (χ0) is 11.5. The van der Waals surface area contributed by atoms with Crippen LogP contribution >= 0.6 is 11.8 Å². The van der Waals surface area contributed by atoms with Crippen molar-refractivity contribution in [2.45, 2.75) is 10.5 Å². The zero-order valence-electron chi connectivity index (χ0n) is 6.95. The average Bonchev–Trinajstić information content (AvgIpc) is 1.95. The first-order valence-electron chi connectivity index (χ1n) is 3.16. The molecule has 2 atom stereocenters. The quantitative estimate of drug-likeness (QED) is 0.366. The van der Waals surface area contributed by atoms with Gasteiger partial charge in [0, 0.05) is 0 Å². The first-order chi connectivity index (χ1) is 6.21. The maximum atomic E-state index is 10.6. The Balaban J connectivity index is -0.000000282. The van der Waals surface area contributed by atoms with Crippen LogP contribution in [0.4, 0.5) is 0 Å². The Morgan fingerprint density at radius 3 is 1.47 bits per heavy atom. The van der Waals surface area contributed by atoms with Gasteiger partial charge in [0.2, 0.25) is 5.25 Å². The minimum absolute atomic E-state index is 0. The van der Waals surface area contributed by atoms with E-state index in [0.717, 1.165) is 0 Å². The number of carboxylic acid groups (broad SMARTS) is 2.